The third-order valence-electron chi connectivity index (χ3n) is 3.22. The zero-order chi connectivity index (χ0) is 16.7. The molecule has 1 amide bonds. The fraction of sp³-hybridized carbons (Fsp3) is 0.294. The van der Waals surface area contributed by atoms with E-state index in [4.69, 9.17) is 4.74 Å². The number of rotatable bonds is 7. The highest BCUT2D eigenvalue weighted by molar-refractivity contribution is 7.99. The highest BCUT2D eigenvalue weighted by Gasteiger charge is 2.13. The average molecular weight is 334 g/mol. The normalized spacial score (nSPS) is 11.8. The van der Waals surface area contributed by atoms with Crippen molar-refractivity contribution in [3.63, 3.8) is 0 Å². The van der Waals surface area contributed by atoms with Crippen molar-refractivity contribution in [2.24, 2.45) is 5.92 Å². The van der Waals surface area contributed by atoms with Crippen LogP contribution in [-0.4, -0.2) is 30.3 Å². The summed E-state index contributed by atoms with van der Waals surface area (Å²) < 4.78 is 18.8. The summed E-state index contributed by atoms with van der Waals surface area (Å²) in [5, 5.41) is 2.75. The van der Waals surface area contributed by atoms with Crippen molar-refractivity contribution in [1.29, 1.82) is 0 Å². The van der Waals surface area contributed by atoms with Gasteiger partial charge in [0.25, 0.3) is 5.91 Å². The van der Waals surface area contributed by atoms with E-state index in [0.29, 0.717) is 6.54 Å². The maximum atomic E-state index is 13.5. The molecule has 4 nitrogen and oxygen atoms in total. The van der Waals surface area contributed by atoms with Crippen molar-refractivity contribution in [3.05, 3.63) is 54.1 Å². The lowest BCUT2D eigenvalue weighted by molar-refractivity contribution is 0.0945. The minimum atomic E-state index is -0.610. The predicted molar refractivity (Wildman–Crippen MR) is 89.4 cm³/mol. The molecule has 2 rings (SSSR count). The lowest BCUT2D eigenvalue weighted by atomic mass is 10.2. The van der Waals surface area contributed by atoms with E-state index in [9.17, 15) is 9.18 Å². The van der Waals surface area contributed by atoms with Crippen molar-refractivity contribution in [3.8, 4) is 5.75 Å². The minimum Gasteiger partial charge on any atom is -0.496 e. The van der Waals surface area contributed by atoms with Gasteiger partial charge in [0, 0.05) is 23.4 Å². The Labute approximate surface area is 139 Å². The second-order valence-electron chi connectivity index (χ2n) is 5.13. The first-order valence-electron chi connectivity index (χ1n) is 7.25. The Bertz CT molecular complexity index is 667. The Hall–Kier alpha value is -2.08. The standard InChI is InChI=1S/C17H19FN2O2S/c1-12(11-23-16-6-4-3-5-15(16)22-2)9-20-17(21)13-7-8-19-10-14(13)18/h3-8,10,12H,9,11H2,1-2H3,(H,20,21)/t12-/m0/s1. The number of amides is 1. The number of nitrogens with one attached hydrogen (secondary N) is 1. The molecule has 0 spiro atoms. The summed E-state index contributed by atoms with van der Waals surface area (Å²) in [5.74, 6) is 0.867. The molecule has 0 aliphatic heterocycles. The first kappa shape index (κ1) is 17.3. The SMILES string of the molecule is COc1ccccc1SC[C@@H](C)CNC(=O)c1ccncc1F. The van der Waals surface area contributed by atoms with Crippen molar-refractivity contribution in [2.75, 3.05) is 19.4 Å². The molecule has 0 fully saturated rings. The molecule has 2 aromatic rings. The van der Waals surface area contributed by atoms with Crippen molar-refractivity contribution < 1.29 is 13.9 Å². The van der Waals surface area contributed by atoms with Gasteiger partial charge in [-0.05, 0) is 24.1 Å². The predicted octanol–water partition coefficient (Wildman–Crippen LogP) is 3.39. The lowest BCUT2D eigenvalue weighted by Crippen LogP contribution is -2.29. The Balaban J connectivity index is 1.82. The number of ether oxygens (including phenoxy) is 1. The molecule has 1 N–H and O–H groups in total. The van der Waals surface area contributed by atoms with Crippen LogP contribution < -0.4 is 10.1 Å². The van der Waals surface area contributed by atoms with E-state index >= 15 is 0 Å². The molecule has 0 saturated carbocycles. The first-order chi connectivity index (χ1) is 11.1. The summed E-state index contributed by atoms with van der Waals surface area (Å²) in [6.45, 7) is 2.51. The summed E-state index contributed by atoms with van der Waals surface area (Å²) in [6, 6.07) is 9.18. The quantitative estimate of drug-likeness (QED) is 0.789. The molecule has 0 radical (unpaired) electrons. The summed E-state index contributed by atoms with van der Waals surface area (Å²) in [5.41, 5.74) is 0.0181. The van der Waals surface area contributed by atoms with Gasteiger partial charge in [-0.3, -0.25) is 9.78 Å². The van der Waals surface area contributed by atoms with Crippen LogP contribution in [-0.2, 0) is 0 Å². The number of nitrogens with zero attached hydrogens (tertiary/aromatic N) is 1. The number of benzene rings is 1. The van der Waals surface area contributed by atoms with Crippen molar-refractivity contribution in [2.45, 2.75) is 11.8 Å². The number of aromatic nitrogens is 1. The summed E-state index contributed by atoms with van der Waals surface area (Å²) in [4.78, 5) is 16.6. The smallest absolute Gasteiger partial charge is 0.254 e. The average Bonchev–Trinajstić information content (AvgIpc) is 2.58. The van der Waals surface area contributed by atoms with E-state index in [1.807, 2.05) is 31.2 Å². The first-order valence-corrected chi connectivity index (χ1v) is 8.24. The number of halogens is 1. The molecule has 0 saturated heterocycles. The van der Waals surface area contributed by atoms with Gasteiger partial charge < -0.3 is 10.1 Å². The maximum Gasteiger partial charge on any atom is 0.254 e. The number of hydrogen-bond donors (Lipinski definition) is 1. The molecule has 1 aromatic heterocycles. The van der Waals surface area contributed by atoms with Gasteiger partial charge in [-0.2, -0.15) is 0 Å². The fourth-order valence-electron chi connectivity index (χ4n) is 1.95. The molecular weight excluding hydrogens is 315 g/mol. The summed E-state index contributed by atoms with van der Waals surface area (Å²) in [7, 11) is 1.65. The molecule has 0 bridgehead atoms. The largest absolute Gasteiger partial charge is 0.496 e. The zero-order valence-corrected chi connectivity index (χ0v) is 13.9. The van der Waals surface area contributed by atoms with Gasteiger partial charge in [0.15, 0.2) is 5.82 Å². The Morgan fingerprint density at radius 1 is 1.39 bits per heavy atom. The number of pyridine rings is 1. The number of methoxy groups -OCH3 is 1. The van der Waals surface area contributed by atoms with Crippen LogP contribution in [0.15, 0.2) is 47.6 Å². The van der Waals surface area contributed by atoms with E-state index in [2.05, 4.69) is 10.3 Å². The van der Waals surface area contributed by atoms with E-state index in [1.54, 1.807) is 18.9 Å². The van der Waals surface area contributed by atoms with Gasteiger partial charge in [0.05, 0.1) is 18.9 Å². The molecule has 6 heteroatoms. The van der Waals surface area contributed by atoms with E-state index < -0.39 is 11.7 Å². The molecule has 122 valence electrons. The minimum absolute atomic E-state index is 0.0181. The van der Waals surface area contributed by atoms with Crippen LogP contribution in [0.2, 0.25) is 0 Å². The number of hydrogen-bond acceptors (Lipinski definition) is 4. The molecular formula is C17H19FN2O2S. The van der Waals surface area contributed by atoms with E-state index in [1.165, 1.54) is 12.3 Å². The fourth-order valence-corrected chi connectivity index (χ4v) is 3.00. The third-order valence-corrected chi connectivity index (χ3v) is 4.60. The van der Waals surface area contributed by atoms with E-state index in [-0.39, 0.29) is 11.5 Å². The van der Waals surface area contributed by atoms with Gasteiger partial charge in [0.2, 0.25) is 0 Å². The lowest BCUT2D eigenvalue weighted by Gasteiger charge is -2.14. The monoisotopic (exact) mass is 334 g/mol. The van der Waals surface area contributed by atoms with Crippen LogP contribution in [0.4, 0.5) is 4.39 Å². The van der Waals surface area contributed by atoms with Gasteiger partial charge in [-0.15, -0.1) is 11.8 Å². The highest BCUT2D eigenvalue weighted by atomic mass is 32.2. The number of carbonyl (C=O) groups is 1. The van der Waals surface area contributed by atoms with Gasteiger partial charge in [-0.25, -0.2) is 4.39 Å². The summed E-state index contributed by atoms with van der Waals surface area (Å²) >= 11 is 1.67. The van der Waals surface area contributed by atoms with Crippen molar-refractivity contribution in [1.82, 2.24) is 10.3 Å². The van der Waals surface area contributed by atoms with Crippen LogP contribution in [0, 0.1) is 11.7 Å². The van der Waals surface area contributed by atoms with Crippen LogP contribution in [0.3, 0.4) is 0 Å². The van der Waals surface area contributed by atoms with Crippen LogP contribution >= 0.6 is 11.8 Å². The van der Waals surface area contributed by atoms with Gasteiger partial charge >= 0.3 is 0 Å². The molecule has 1 atom stereocenters. The molecule has 0 unspecified atom stereocenters. The zero-order valence-electron chi connectivity index (χ0n) is 13.1. The molecule has 0 aliphatic rings. The number of thioether (sulfide) groups is 1. The van der Waals surface area contributed by atoms with Crippen molar-refractivity contribution >= 4 is 17.7 Å². The third kappa shape index (κ3) is 4.96. The molecule has 1 heterocycles. The Kier molecular flexibility index (Phi) is 6.40. The van der Waals surface area contributed by atoms with E-state index in [0.717, 1.165) is 22.6 Å². The molecule has 1 aromatic carbocycles. The number of carbonyl (C=O) groups excluding carboxylic acids is 1. The Morgan fingerprint density at radius 3 is 2.91 bits per heavy atom. The van der Waals surface area contributed by atoms with Crippen LogP contribution in [0.25, 0.3) is 0 Å². The van der Waals surface area contributed by atoms with Crippen LogP contribution in [0.5, 0.6) is 5.75 Å². The molecule has 0 aliphatic carbocycles. The molecule has 23 heavy (non-hydrogen) atoms. The maximum absolute atomic E-state index is 13.5. The second kappa shape index (κ2) is 8.53. The summed E-state index contributed by atoms with van der Waals surface area (Å²) in [6.07, 6.45) is 2.44. The number of para-hydroxylation sites is 1. The highest BCUT2D eigenvalue weighted by Crippen LogP contribution is 2.29. The van der Waals surface area contributed by atoms with Gasteiger partial charge in [0.1, 0.15) is 5.75 Å². The van der Waals surface area contributed by atoms with Gasteiger partial charge in [-0.1, -0.05) is 19.1 Å². The van der Waals surface area contributed by atoms with Crippen LogP contribution in [0.1, 0.15) is 17.3 Å². The topological polar surface area (TPSA) is 51.2 Å². The Morgan fingerprint density at radius 2 is 2.17 bits per heavy atom. The second-order valence-corrected chi connectivity index (χ2v) is 6.19.